The lowest BCUT2D eigenvalue weighted by molar-refractivity contribution is 0.0974. The standard InChI is InChI=1S/C23H20N2O6/c1-29-20-11-13(10-17(26)21(20)27)22-24-16-5-3-2-4-15(16)23(28)25(22)14-6-7-18-19(12-14)31-9-8-30-18/h2-7,10-12,22,24,26-27H,8-9H2,1H3. The molecule has 0 aliphatic carbocycles. The van der Waals surface area contributed by atoms with Crippen LogP contribution in [0.25, 0.3) is 0 Å². The van der Waals surface area contributed by atoms with Gasteiger partial charge in [0.05, 0.1) is 18.4 Å². The van der Waals surface area contributed by atoms with Crippen LogP contribution < -0.4 is 24.4 Å². The van der Waals surface area contributed by atoms with Gasteiger partial charge in [-0.05, 0) is 36.4 Å². The minimum absolute atomic E-state index is 0.102. The third kappa shape index (κ3) is 3.13. The van der Waals surface area contributed by atoms with Crippen molar-refractivity contribution in [3.8, 4) is 28.7 Å². The molecule has 5 rings (SSSR count). The number of benzene rings is 3. The second-order valence-corrected chi connectivity index (χ2v) is 7.19. The van der Waals surface area contributed by atoms with Crippen LogP contribution in [0.3, 0.4) is 0 Å². The number of phenolic OH excluding ortho intramolecular Hbond substituents is 2. The van der Waals surface area contributed by atoms with Crippen molar-refractivity contribution in [2.24, 2.45) is 0 Å². The predicted molar refractivity (Wildman–Crippen MR) is 113 cm³/mol. The Morgan fingerprint density at radius 1 is 1.03 bits per heavy atom. The molecule has 0 radical (unpaired) electrons. The molecule has 3 N–H and O–H groups in total. The van der Waals surface area contributed by atoms with E-state index in [0.29, 0.717) is 47.2 Å². The second kappa shape index (κ2) is 7.32. The molecule has 158 valence electrons. The van der Waals surface area contributed by atoms with E-state index in [0.717, 1.165) is 0 Å². The Kier molecular flexibility index (Phi) is 4.47. The summed E-state index contributed by atoms with van der Waals surface area (Å²) in [6, 6.07) is 15.5. The first-order valence-electron chi connectivity index (χ1n) is 9.75. The summed E-state index contributed by atoms with van der Waals surface area (Å²) in [7, 11) is 1.39. The molecule has 3 aromatic carbocycles. The minimum Gasteiger partial charge on any atom is -0.504 e. The smallest absolute Gasteiger partial charge is 0.262 e. The van der Waals surface area contributed by atoms with Crippen molar-refractivity contribution in [2.75, 3.05) is 30.5 Å². The van der Waals surface area contributed by atoms with Crippen LogP contribution in [0.15, 0.2) is 54.6 Å². The molecule has 2 aliphatic heterocycles. The fourth-order valence-electron chi connectivity index (χ4n) is 3.86. The van der Waals surface area contributed by atoms with Gasteiger partial charge in [0, 0.05) is 17.3 Å². The number of hydrogen-bond donors (Lipinski definition) is 3. The van der Waals surface area contributed by atoms with Gasteiger partial charge in [-0.15, -0.1) is 0 Å². The quantitative estimate of drug-likeness (QED) is 0.556. The maximum absolute atomic E-state index is 13.5. The van der Waals surface area contributed by atoms with Crippen LogP contribution in [-0.4, -0.2) is 36.4 Å². The highest BCUT2D eigenvalue weighted by Gasteiger charge is 2.35. The number of amides is 1. The summed E-state index contributed by atoms with van der Waals surface area (Å²) in [4.78, 5) is 15.1. The Bertz CT molecular complexity index is 1180. The van der Waals surface area contributed by atoms with E-state index in [1.54, 1.807) is 41.3 Å². The van der Waals surface area contributed by atoms with Crippen LogP contribution >= 0.6 is 0 Å². The summed E-state index contributed by atoms with van der Waals surface area (Å²) in [5.74, 6) is 0.352. The maximum atomic E-state index is 13.5. The lowest BCUT2D eigenvalue weighted by Gasteiger charge is -2.38. The van der Waals surface area contributed by atoms with E-state index in [1.807, 2.05) is 12.1 Å². The Labute approximate surface area is 178 Å². The molecule has 0 aromatic heterocycles. The zero-order chi connectivity index (χ0) is 21.5. The highest BCUT2D eigenvalue weighted by atomic mass is 16.6. The number of ether oxygens (including phenoxy) is 3. The van der Waals surface area contributed by atoms with Crippen LogP contribution in [0, 0.1) is 0 Å². The van der Waals surface area contributed by atoms with E-state index >= 15 is 0 Å². The zero-order valence-electron chi connectivity index (χ0n) is 16.7. The Balaban J connectivity index is 1.66. The normalized spacial score (nSPS) is 17.0. The van der Waals surface area contributed by atoms with E-state index in [2.05, 4.69) is 5.32 Å². The molecule has 1 amide bonds. The summed E-state index contributed by atoms with van der Waals surface area (Å²) in [5, 5.41) is 23.6. The SMILES string of the molecule is COc1cc(C2Nc3ccccc3C(=O)N2c2ccc3c(c2)OCCO3)cc(O)c1O. The molecule has 0 saturated heterocycles. The lowest BCUT2D eigenvalue weighted by Crippen LogP contribution is -2.43. The minimum atomic E-state index is -0.676. The van der Waals surface area contributed by atoms with Crippen LogP contribution in [0.2, 0.25) is 0 Å². The molecule has 1 atom stereocenters. The van der Waals surface area contributed by atoms with Gasteiger partial charge >= 0.3 is 0 Å². The third-order valence-electron chi connectivity index (χ3n) is 5.34. The number of carbonyl (C=O) groups is 1. The fraction of sp³-hybridized carbons (Fsp3) is 0.174. The summed E-state index contributed by atoms with van der Waals surface area (Å²) in [6.45, 7) is 0.900. The maximum Gasteiger partial charge on any atom is 0.262 e. The van der Waals surface area contributed by atoms with Gasteiger partial charge in [0.15, 0.2) is 23.0 Å². The molecule has 0 fully saturated rings. The van der Waals surface area contributed by atoms with E-state index < -0.39 is 6.17 Å². The van der Waals surface area contributed by atoms with Gasteiger partial charge in [-0.1, -0.05) is 12.1 Å². The van der Waals surface area contributed by atoms with Gasteiger partial charge in [0.2, 0.25) is 5.75 Å². The molecule has 1 unspecified atom stereocenters. The number of rotatable bonds is 3. The monoisotopic (exact) mass is 420 g/mol. The van der Waals surface area contributed by atoms with E-state index in [9.17, 15) is 15.0 Å². The average molecular weight is 420 g/mol. The number of methoxy groups -OCH3 is 1. The van der Waals surface area contributed by atoms with Gasteiger partial charge < -0.3 is 29.7 Å². The Morgan fingerprint density at radius 3 is 2.61 bits per heavy atom. The van der Waals surface area contributed by atoms with Crippen LogP contribution in [0.4, 0.5) is 11.4 Å². The number of anilines is 2. The summed E-state index contributed by atoms with van der Waals surface area (Å²) in [5.41, 5.74) is 2.30. The van der Waals surface area contributed by atoms with Crippen molar-refractivity contribution < 1.29 is 29.2 Å². The summed E-state index contributed by atoms with van der Waals surface area (Å²) >= 11 is 0. The van der Waals surface area contributed by atoms with Gasteiger partial charge in [-0.3, -0.25) is 9.69 Å². The molecule has 3 aromatic rings. The average Bonchev–Trinajstić information content (AvgIpc) is 2.80. The van der Waals surface area contributed by atoms with Crippen molar-refractivity contribution in [3.05, 3.63) is 65.7 Å². The van der Waals surface area contributed by atoms with Crippen molar-refractivity contribution in [1.82, 2.24) is 0 Å². The molecule has 0 spiro atoms. The molecular weight excluding hydrogens is 400 g/mol. The zero-order valence-corrected chi connectivity index (χ0v) is 16.7. The topological polar surface area (TPSA) is 100 Å². The van der Waals surface area contributed by atoms with Crippen LogP contribution in [0.1, 0.15) is 22.1 Å². The number of para-hydroxylation sites is 1. The van der Waals surface area contributed by atoms with E-state index in [1.165, 1.54) is 13.2 Å². The molecule has 0 saturated carbocycles. The number of nitrogens with zero attached hydrogens (tertiary/aromatic N) is 1. The van der Waals surface area contributed by atoms with Crippen molar-refractivity contribution in [3.63, 3.8) is 0 Å². The molecule has 31 heavy (non-hydrogen) atoms. The molecule has 8 nitrogen and oxygen atoms in total. The third-order valence-corrected chi connectivity index (χ3v) is 5.34. The number of phenols is 2. The number of fused-ring (bicyclic) bond motifs is 2. The highest BCUT2D eigenvalue weighted by Crippen LogP contribution is 2.44. The number of aromatic hydroxyl groups is 2. The van der Waals surface area contributed by atoms with Crippen molar-refractivity contribution >= 4 is 17.3 Å². The second-order valence-electron chi connectivity index (χ2n) is 7.19. The highest BCUT2D eigenvalue weighted by molar-refractivity contribution is 6.12. The van der Waals surface area contributed by atoms with Crippen molar-refractivity contribution in [2.45, 2.75) is 6.17 Å². The van der Waals surface area contributed by atoms with Gasteiger partial charge in [-0.25, -0.2) is 0 Å². The van der Waals surface area contributed by atoms with E-state index in [4.69, 9.17) is 14.2 Å². The van der Waals surface area contributed by atoms with Gasteiger partial charge in [0.25, 0.3) is 5.91 Å². The van der Waals surface area contributed by atoms with Crippen LogP contribution in [-0.2, 0) is 0 Å². The van der Waals surface area contributed by atoms with Gasteiger partial charge in [-0.2, -0.15) is 0 Å². The first kappa shape index (κ1) is 18.9. The molecule has 2 heterocycles. The largest absolute Gasteiger partial charge is 0.504 e. The number of nitrogens with one attached hydrogen (secondary N) is 1. The Morgan fingerprint density at radius 2 is 1.81 bits per heavy atom. The number of carbonyl (C=O) groups excluding carboxylic acids is 1. The van der Waals surface area contributed by atoms with E-state index in [-0.39, 0.29) is 23.2 Å². The molecule has 0 bridgehead atoms. The first-order chi connectivity index (χ1) is 15.1. The fourth-order valence-corrected chi connectivity index (χ4v) is 3.86. The van der Waals surface area contributed by atoms with Gasteiger partial charge in [0.1, 0.15) is 19.4 Å². The summed E-state index contributed by atoms with van der Waals surface area (Å²) < 4.78 is 16.5. The predicted octanol–water partition coefficient (Wildman–Crippen LogP) is 3.65. The molecule has 2 aliphatic rings. The summed E-state index contributed by atoms with van der Waals surface area (Å²) in [6.07, 6.45) is -0.676. The van der Waals surface area contributed by atoms with Crippen molar-refractivity contribution in [1.29, 1.82) is 0 Å². The number of hydrogen-bond acceptors (Lipinski definition) is 7. The molecular formula is C23H20N2O6. The van der Waals surface area contributed by atoms with Crippen LogP contribution in [0.5, 0.6) is 28.7 Å². The lowest BCUT2D eigenvalue weighted by atomic mass is 10.0. The molecule has 8 heteroatoms. The first-order valence-corrected chi connectivity index (χ1v) is 9.75. The Hall–Kier alpha value is -4.07.